The van der Waals surface area contributed by atoms with Crippen LogP contribution < -0.4 is 20.5 Å². The number of nitrogens with zero attached hydrogens (tertiary/aromatic N) is 2. The fraction of sp³-hybridized carbons (Fsp3) is 0.174. The van der Waals surface area contributed by atoms with Gasteiger partial charge in [-0.15, -0.1) is 16.4 Å². The van der Waals surface area contributed by atoms with Crippen LogP contribution in [0.4, 0.5) is 5.69 Å². The van der Waals surface area contributed by atoms with Crippen LogP contribution in [-0.2, 0) is 6.54 Å². The van der Waals surface area contributed by atoms with E-state index in [1.807, 2.05) is 56.3 Å². The molecule has 2 aromatic carbocycles. The second-order valence-corrected chi connectivity index (χ2v) is 8.38. The van der Waals surface area contributed by atoms with E-state index in [1.165, 1.54) is 11.3 Å². The van der Waals surface area contributed by atoms with E-state index in [9.17, 15) is 4.79 Å². The number of anilines is 1. The summed E-state index contributed by atoms with van der Waals surface area (Å²) in [5.74, 6) is 1.31. The average Bonchev–Trinajstić information content (AvgIpc) is 3.39. The molecule has 8 heteroatoms. The van der Waals surface area contributed by atoms with Crippen LogP contribution >= 0.6 is 11.3 Å². The fourth-order valence-corrected chi connectivity index (χ4v) is 4.58. The number of ether oxygens (including phenoxy) is 2. The lowest BCUT2D eigenvalue weighted by molar-refractivity contribution is 0.0956. The SMILES string of the molecule is Cc1nnc2sc(C(=O)NCc3ccc(-c4ccc5c(c4)OCO5)cc3)c(N)c2c1C. The lowest BCUT2D eigenvalue weighted by atomic mass is 10.0. The molecule has 5 rings (SSSR count). The van der Waals surface area contributed by atoms with E-state index in [0.717, 1.165) is 44.8 Å². The summed E-state index contributed by atoms with van der Waals surface area (Å²) in [5, 5.41) is 12.1. The van der Waals surface area contributed by atoms with Gasteiger partial charge in [-0.3, -0.25) is 4.79 Å². The number of fused-ring (bicyclic) bond motifs is 2. The Morgan fingerprint density at radius 3 is 2.61 bits per heavy atom. The van der Waals surface area contributed by atoms with Gasteiger partial charge in [-0.1, -0.05) is 30.3 Å². The van der Waals surface area contributed by atoms with Crippen molar-refractivity contribution in [1.82, 2.24) is 15.5 Å². The van der Waals surface area contributed by atoms with Gasteiger partial charge in [0.15, 0.2) is 11.5 Å². The number of amides is 1. The summed E-state index contributed by atoms with van der Waals surface area (Å²) in [7, 11) is 0. The van der Waals surface area contributed by atoms with E-state index in [2.05, 4.69) is 15.5 Å². The van der Waals surface area contributed by atoms with Crippen LogP contribution in [0.15, 0.2) is 42.5 Å². The highest BCUT2D eigenvalue weighted by Crippen LogP contribution is 2.36. The molecule has 156 valence electrons. The number of benzene rings is 2. The van der Waals surface area contributed by atoms with Crippen LogP contribution in [0.3, 0.4) is 0 Å². The maximum Gasteiger partial charge on any atom is 0.263 e. The van der Waals surface area contributed by atoms with Crippen molar-refractivity contribution in [2.45, 2.75) is 20.4 Å². The van der Waals surface area contributed by atoms with E-state index < -0.39 is 0 Å². The number of aryl methyl sites for hydroxylation is 2. The topological polar surface area (TPSA) is 99.4 Å². The molecule has 31 heavy (non-hydrogen) atoms. The average molecular weight is 433 g/mol. The molecule has 3 N–H and O–H groups in total. The van der Waals surface area contributed by atoms with Crippen LogP contribution in [0.2, 0.25) is 0 Å². The minimum absolute atomic E-state index is 0.211. The van der Waals surface area contributed by atoms with Crippen LogP contribution in [0.1, 0.15) is 26.5 Å². The molecule has 3 heterocycles. The van der Waals surface area contributed by atoms with E-state index in [1.54, 1.807) is 0 Å². The van der Waals surface area contributed by atoms with Crippen LogP contribution in [0, 0.1) is 13.8 Å². The van der Waals surface area contributed by atoms with Gasteiger partial charge in [0.05, 0.1) is 11.4 Å². The van der Waals surface area contributed by atoms with Crippen molar-refractivity contribution in [2.75, 3.05) is 12.5 Å². The largest absolute Gasteiger partial charge is 0.454 e. The van der Waals surface area contributed by atoms with Crippen molar-refractivity contribution in [3.63, 3.8) is 0 Å². The standard InChI is InChI=1S/C23H20N4O3S/c1-12-13(2)26-27-23-19(12)20(24)21(31-23)22(28)25-10-14-3-5-15(6-4-14)16-7-8-17-18(9-16)30-11-29-17/h3-9H,10-11,24H2,1-2H3,(H,25,28). The molecule has 0 spiro atoms. The summed E-state index contributed by atoms with van der Waals surface area (Å²) >= 11 is 1.27. The smallest absolute Gasteiger partial charge is 0.263 e. The maximum absolute atomic E-state index is 12.7. The molecule has 0 unspecified atom stereocenters. The number of carbonyl (C=O) groups is 1. The first-order valence-electron chi connectivity index (χ1n) is 9.80. The van der Waals surface area contributed by atoms with E-state index in [-0.39, 0.29) is 12.7 Å². The summed E-state index contributed by atoms with van der Waals surface area (Å²) < 4.78 is 10.8. The Morgan fingerprint density at radius 2 is 1.81 bits per heavy atom. The molecule has 1 aliphatic heterocycles. The Bertz CT molecular complexity index is 1310. The molecule has 1 aliphatic rings. The summed E-state index contributed by atoms with van der Waals surface area (Å²) in [4.78, 5) is 13.9. The zero-order valence-electron chi connectivity index (χ0n) is 17.1. The molecule has 0 radical (unpaired) electrons. The van der Waals surface area contributed by atoms with Gasteiger partial charge in [0.1, 0.15) is 9.71 Å². The third-order valence-corrected chi connectivity index (χ3v) is 6.54. The Labute approximate surface area is 182 Å². The Hall–Kier alpha value is -3.65. The number of thiophene rings is 1. The predicted octanol–water partition coefficient (Wildman–Crippen LogP) is 4.22. The number of hydrogen-bond acceptors (Lipinski definition) is 7. The number of carbonyl (C=O) groups excluding carboxylic acids is 1. The molecule has 0 atom stereocenters. The predicted molar refractivity (Wildman–Crippen MR) is 120 cm³/mol. The summed E-state index contributed by atoms with van der Waals surface area (Å²) in [6.45, 7) is 4.48. The van der Waals surface area contributed by atoms with Gasteiger partial charge in [-0.25, -0.2) is 0 Å². The third kappa shape index (κ3) is 3.44. The van der Waals surface area contributed by atoms with Gasteiger partial charge >= 0.3 is 0 Å². The number of hydrogen-bond donors (Lipinski definition) is 2. The van der Waals surface area contributed by atoms with Crippen molar-refractivity contribution >= 4 is 33.1 Å². The van der Waals surface area contributed by atoms with Crippen LogP contribution in [0.25, 0.3) is 21.3 Å². The zero-order chi connectivity index (χ0) is 21.5. The summed E-state index contributed by atoms with van der Waals surface area (Å²) in [6.07, 6.45) is 0. The molecule has 2 aromatic heterocycles. The highest BCUT2D eigenvalue weighted by molar-refractivity contribution is 7.21. The molecular weight excluding hydrogens is 412 g/mol. The maximum atomic E-state index is 12.7. The number of rotatable bonds is 4. The van der Waals surface area contributed by atoms with Crippen molar-refractivity contribution in [3.8, 4) is 22.6 Å². The van der Waals surface area contributed by atoms with Gasteiger partial charge in [0, 0.05) is 11.9 Å². The van der Waals surface area contributed by atoms with Crippen LogP contribution in [0.5, 0.6) is 11.5 Å². The van der Waals surface area contributed by atoms with Crippen LogP contribution in [-0.4, -0.2) is 22.9 Å². The summed E-state index contributed by atoms with van der Waals surface area (Å²) in [5.41, 5.74) is 11.6. The van der Waals surface area contributed by atoms with Gasteiger partial charge < -0.3 is 20.5 Å². The monoisotopic (exact) mass is 432 g/mol. The molecule has 0 fully saturated rings. The fourth-order valence-electron chi connectivity index (χ4n) is 3.56. The quantitative estimate of drug-likeness (QED) is 0.501. The number of aromatic nitrogens is 2. The van der Waals surface area contributed by atoms with Gasteiger partial charge in [0.25, 0.3) is 5.91 Å². The third-order valence-electron chi connectivity index (χ3n) is 5.45. The molecule has 1 amide bonds. The second kappa shape index (κ2) is 7.55. The molecule has 0 aliphatic carbocycles. The van der Waals surface area contributed by atoms with E-state index >= 15 is 0 Å². The molecule has 0 saturated carbocycles. The Balaban J connectivity index is 1.30. The van der Waals surface area contributed by atoms with Gasteiger partial charge in [-0.2, -0.15) is 5.10 Å². The lowest BCUT2D eigenvalue weighted by Crippen LogP contribution is -2.22. The zero-order valence-corrected chi connectivity index (χ0v) is 17.9. The number of nitrogens with one attached hydrogen (secondary N) is 1. The first-order chi connectivity index (χ1) is 15.0. The van der Waals surface area contributed by atoms with E-state index in [4.69, 9.17) is 15.2 Å². The van der Waals surface area contributed by atoms with E-state index in [0.29, 0.717) is 21.9 Å². The lowest BCUT2D eigenvalue weighted by Gasteiger charge is -2.07. The molecule has 7 nitrogen and oxygen atoms in total. The summed E-state index contributed by atoms with van der Waals surface area (Å²) in [6, 6.07) is 13.9. The first-order valence-corrected chi connectivity index (χ1v) is 10.6. The van der Waals surface area contributed by atoms with Gasteiger partial charge in [-0.05, 0) is 48.2 Å². The van der Waals surface area contributed by atoms with Gasteiger partial charge in [0.2, 0.25) is 6.79 Å². The Morgan fingerprint density at radius 1 is 1.06 bits per heavy atom. The minimum atomic E-state index is -0.211. The Kier molecular flexibility index (Phi) is 4.71. The van der Waals surface area contributed by atoms with Crippen molar-refractivity contribution in [3.05, 3.63) is 64.2 Å². The van der Waals surface area contributed by atoms with Crippen molar-refractivity contribution in [2.24, 2.45) is 0 Å². The van der Waals surface area contributed by atoms with Crippen molar-refractivity contribution < 1.29 is 14.3 Å². The molecular formula is C23H20N4O3S. The first kappa shape index (κ1) is 19.3. The molecule has 0 bridgehead atoms. The highest BCUT2D eigenvalue weighted by Gasteiger charge is 2.20. The minimum Gasteiger partial charge on any atom is -0.454 e. The number of nitrogen functional groups attached to an aromatic ring is 1. The normalized spacial score (nSPS) is 12.3. The van der Waals surface area contributed by atoms with Crippen molar-refractivity contribution in [1.29, 1.82) is 0 Å². The molecule has 0 saturated heterocycles. The number of nitrogens with two attached hydrogens (primary N) is 1. The molecule has 4 aromatic rings. The highest BCUT2D eigenvalue weighted by atomic mass is 32.1. The second-order valence-electron chi connectivity index (χ2n) is 7.38.